The van der Waals surface area contributed by atoms with Gasteiger partial charge in [-0.05, 0) is 23.1 Å². The third-order valence-corrected chi connectivity index (χ3v) is 3.64. The molecule has 0 aliphatic carbocycles. The van der Waals surface area contributed by atoms with Crippen LogP contribution in [0.15, 0.2) is 53.6 Å². The van der Waals surface area contributed by atoms with E-state index in [1.807, 2.05) is 35.2 Å². The molecule has 0 radical (unpaired) electrons. The Balaban J connectivity index is 2.08. The molecule has 116 valence electrons. The summed E-state index contributed by atoms with van der Waals surface area (Å²) in [6.07, 6.45) is 4.78. The molecule has 0 amide bonds. The zero-order valence-electron chi connectivity index (χ0n) is 13.2. The van der Waals surface area contributed by atoms with Crippen LogP contribution in [0.1, 0.15) is 18.9 Å². The van der Waals surface area contributed by atoms with Crippen LogP contribution < -0.4 is 5.32 Å². The van der Waals surface area contributed by atoms with Crippen LogP contribution in [0.5, 0.6) is 0 Å². The van der Waals surface area contributed by atoms with Crippen LogP contribution in [0.25, 0.3) is 5.57 Å². The lowest BCUT2D eigenvalue weighted by Crippen LogP contribution is -2.45. The SMILES string of the molecule is C=C(C(/C=N\C(=N)N1CCNCC1)=C/CC)c1ccccc1. The minimum atomic E-state index is 0.323. The van der Waals surface area contributed by atoms with Crippen LogP contribution in [0.4, 0.5) is 0 Å². The van der Waals surface area contributed by atoms with Gasteiger partial charge in [0.1, 0.15) is 0 Å². The number of hydrogen-bond acceptors (Lipinski definition) is 2. The Bertz CT molecular complexity index is 566. The molecule has 0 saturated carbocycles. The number of piperazine rings is 1. The predicted molar refractivity (Wildman–Crippen MR) is 94.5 cm³/mol. The molecule has 1 aliphatic heterocycles. The Morgan fingerprint density at radius 1 is 1.32 bits per heavy atom. The van der Waals surface area contributed by atoms with Crippen molar-refractivity contribution >= 4 is 17.7 Å². The first kappa shape index (κ1) is 16.2. The fraction of sp³-hybridized carbons (Fsp3) is 0.333. The molecule has 0 aromatic heterocycles. The molecule has 0 atom stereocenters. The van der Waals surface area contributed by atoms with Gasteiger partial charge in [0, 0.05) is 32.4 Å². The molecule has 0 bridgehead atoms. The zero-order valence-corrected chi connectivity index (χ0v) is 13.2. The molecule has 22 heavy (non-hydrogen) atoms. The summed E-state index contributed by atoms with van der Waals surface area (Å²) in [6, 6.07) is 10.1. The molecule has 1 heterocycles. The van der Waals surface area contributed by atoms with Gasteiger partial charge in [0.05, 0.1) is 0 Å². The first-order valence-electron chi connectivity index (χ1n) is 7.75. The highest BCUT2D eigenvalue weighted by molar-refractivity contribution is 6.03. The summed E-state index contributed by atoms with van der Waals surface area (Å²) in [6.45, 7) is 9.76. The second-order valence-electron chi connectivity index (χ2n) is 5.23. The van der Waals surface area contributed by atoms with Crippen LogP contribution in [0.2, 0.25) is 0 Å². The van der Waals surface area contributed by atoms with Crippen LogP contribution in [0, 0.1) is 5.41 Å². The fourth-order valence-corrected chi connectivity index (χ4v) is 2.37. The number of nitrogens with zero attached hydrogens (tertiary/aromatic N) is 2. The molecule has 4 heteroatoms. The first-order valence-corrected chi connectivity index (χ1v) is 7.75. The van der Waals surface area contributed by atoms with E-state index in [0.717, 1.165) is 49.3 Å². The summed E-state index contributed by atoms with van der Waals surface area (Å²) >= 11 is 0. The maximum absolute atomic E-state index is 8.10. The lowest BCUT2D eigenvalue weighted by atomic mass is 9.99. The fourth-order valence-electron chi connectivity index (χ4n) is 2.37. The van der Waals surface area contributed by atoms with E-state index in [2.05, 4.69) is 29.9 Å². The molecular weight excluding hydrogens is 272 g/mol. The summed E-state index contributed by atoms with van der Waals surface area (Å²) < 4.78 is 0. The van der Waals surface area contributed by atoms with Crippen LogP contribution in [-0.2, 0) is 0 Å². The molecule has 0 unspecified atom stereocenters. The van der Waals surface area contributed by atoms with Gasteiger partial charge >= 0.3 is 0 Å². The van der Waals surface area contributed by atoms with Gasteiger partial charge in [-0.1, -0.05) is 49.9 Å². The highest BCUT2D eigenvalue weighted by Crippen LogP contribution is 2.20. The van der Waals surface area contributed by atoms with Crippen molar-refractivity contribution in [1.82, 2.24) is 10.2 Å². The van der Waals surface area contributed by atoms with Crippen molar-refractivity contribution in [3.05, 3.63) is 54.1 Å². The average molecular weight is 296 g/mol. The van der Waals surface area contributed by atoms with E-state index < -0.39 is 0 Å². The molecule has 4 nitrogen and oxygen atoms in total. The van der Waals surface area contributed by atoms with Crippen molar-refractivity contribution in [3.63, 3.8) is 0 Å². The van der Waals surface area contributed by atoms with Gasteiger partial charge < -0.3 is 10.2 Å². The van der Waals surface area contributed by atoms with Gasteiger partial charge in [-0.2, -0.15) is 0 Å². The van der Waals surface area contributed by atoms with Gasteiger partial charge in [-0.3, -0.25) is 5.41 Å². The molecule has 1 aromatic carbocycles. The van der Waals surface area contributed by atoms with E-state index in [9.17, 15) is 0 Å². The number of benzene rings is 1. The number of rotatable bonds is 4. The van der Waals surface area contributed by atoms with Crippen molar-refractivity contribution in [3.8, 4) is 0 Å². The lowest BCUT2D eigenvalue weighted by Gasteiger charge is -2.27. The quantitative estimate of drug-likeness (QED) is 0.510. The number of nitrogens with one attached hydrogen (secondary N) is 2. The monoisotopic (exact) mass is 296 g/mol. The number of allylic oxidation sites excluding steroid dienone is 3. The predicted octanol–water partition coefficient (Wildman–Crippen LogP) is 2.95. The van der Waals surface area contributed by atoms with Crippen LogP contribution in [-0.4, -0.2) is 43.3 Å². The number of guanidine groups is 1. The molecule has 1 aliphatic rings. The minimum Gasteiger partial charge on any atom is -0.339 e. The van der Waals surface area contributed by atoms with Crippen LogP contribution in [0.3, 0.4) is 0 Å². The van der Waals surface area contributed by atoms with Gasteiger partial charge in [-0.15, -0.1) is 0 Å². The van der Waals surface area contributed by atoms with Crippen molar-refractivity contribution in [2.24, 2.45) is 4.99 Å². The maximum Gasteiger partial charge on any atom is 0.217 e. The maximum atomic E-state index is 8.10. The van der Waals surface area contributed by atoms with Gasteiger partial charge in [0.2, 0.25) is 5.96 Å². The number of aliphatic imine (C=N–C) groups is 1. The molecule has 1 fully saturated rings. The third-order valence-electron chi connectivity index (χ3n) is 3.64. The van der Waals surface area contributed by atoms with Crippen LogP contribution >= 0.6 is 0 Å². The average Bonchev–Trinajstić information content (AvgIpc) is 2.59. The second kappa shape index (κ2) is 8.29. The summed E-state index contributed by atoms with van der Waals surface area (Å²) in [5.41, 5.74) is 3.01. The van der Waals surface area contributed by atoms with Crippen molar-refractivity contribution < 1.29 is 0 Å². The summed E-state index contributed by atoms with van der Waals surface area (Å²) in [7, 11) is 0. The summed E-state index contributed by atoms with van der Waals surface area (Å²) in [4.78, 5) is 6.33. The van der Waals surface area contributed by atoms with Gasteiger partial charge in [0.25, 0.3) is 0 Å². The minimum absolute atomic E-state index is 0.323. The Hall–Kier alpha value is -2.20. The number of hydrogen-bond donors (Lipinski definition) is 2. The van der Waals surface area contributed by atoms with Crippen molar-refractivity contribution in [2.45, 2.75) is 13.3 Å². The topological polar surface area (TPSA) is 51.5 Å². The van der Waals surface area contributed by atoms with E-state index >= 15 is 0 Å². The van der Waals surface area contributed by atoms with Crippen molar-refractivity contribution in [1.29, 1.82) is 5.41 Å². The highest BCUT2D eigenvalue weighted by atomic mass is 15.3. The van der Waals surface area contributed by atoms with E-state index in [1.165, 1.54) is 0 Å². The smallest absolute Gasteiger partial charge is 0.217 e. The zero-order chi connectivity index (χ0) is 15.8. The van der Waals surface area contributed by atoms with Crippen molar-refractivity contribution in [2.75, 3.05) is 26.2 Å². The third kappa shape index (κ3) is 4.40. The van der Waals surface area contributed by atoms with Gasteiger partial charge in [-0.25, -0.2) is 4.99 Å². The van der Waals surface area contributed by atoms with E-state index in [1.54, 1.807) is 6.21 Å². The lowest BCUT2D eigenvalue weighted by molar-refractivity contribution is 0.353. The Labute approximate surface area is 132 Å². The molecule has 0 spiro atoms. The molecule has 2 N–H and O–H groups in total. The van der Waals surface area contributed by atoms with E-state index in [-0.39, 0.29) is 0 Å². The Morgan fingerprint density at radius 2 is 2.00 bits per heavy atom. The van der Waals surface area contributed by atoms with E-state index in [4.69, 9.17) is 5.41 Å². The molecule has 1 saturated heterocycles. The standard InChI is InChI=1S/C18H24N4/c1-3-7-17(15(2)16-8-5-4-6-9-16)14-21-18(19)22-12-10-20-11-13-22/h4-9,14,19-20H,2-3,10-13H2,1H3/b17-7+,19-18?,21-14-. The summed E-state index contributed by atoms with van der Waals surface area (Å²) in [5.74, 6) is 0.323. The summed E-state index contributed by atoms with van der Waals surface area (Å²) in [5, 5.41) is 11.4. The molecule has 1 aromatic rings. The van der Waals surface area contributed by atoms with E-state index in [0.29, 0.717) is 5.96 Å². The first-order chi connectivity index (χ1) is 10.7. The molecule has 2 rings (SSSR count). The van der Waals surface area contributed by atoms with Gasteiger partial charge in [0.15, 0.2) is 0 Å². The molecular formula is C18H24N4. The Kier molecular flexibility index (Phi) is 6.10. The normalized spacial score (nSPS) is 16.0. The second-order valence-corrected chi connectivity index (χ2v) is 5.23. The largest absolute Gasteiger partial charge is 0.339 e. The highest BCUT2D eigenvalue weighted by Gasteiger charge is 2.12. The Morgan fingerprint density at radius 3 is 2.64 bits per heavy atom.